The van der Waals surface area contributed by atoms with Crippen LogP contribution in [0.5, 0.6) is 0 Å². The van der Waals surface area contributed by atoms with Crippen molar-refractivity contribution in [1.29, 1.82) is 0 Å². The summed E-state index contributed by atoms with van der Waals surface area (Å²) in [5, 5.41) is 12.8. The molecule has 0 amide bonds. The van der Waals surface area contributed by atoms with E-state index in [-0.39, 0.29) is 12.3 Å². The maximum Gasteiger partial charge on any atom is 0.357 e. The monoisotopic (exact) mass is 499 g/mol. The lowest BCUT2D eigenvalue weighted by molar-refractivity contribution is -0.138. The lowest BCUT2D eigenvalue weighted by Crippen LogP contribution is -2.16. The number of ether oxygens (including phenoxy) is 1. The summed E-state index contributed by atoms with van der Waals surface area (Å²) in [5.41, 5.74) is 8.38. The SMILES string of the molecule is Nc1nc(COC(=O)/C(=C/c2ccco2)n2nnnc2-c2ccccc2)nc2sc3c(c12)CCCC3. The Morgan fingerprint density at radius 3 is 2.83 bits per heavy atom. The van der Waals surface area contributed by atoms with Crippen molar-refractivity contribution in [2.24, 2.45) is 0 Å². The number of hydrogen-bond donors (Lipinski definition) is 1. The molecule has 2 N–H and O–H groups in total. The van der Waals surface area contributed by atoms with Gasteiger partial charge in [-0.2, -0.15) is 4.68 Å². The fraction of sp³-hybridized carbons (Fsp3) is 0.200. The molecule has 6 rings (SSSR count). The molecule has 1 aromatic carbocycles. The van der Waals surface area contributed by atoms with E-state index in [9.17, 15) is 4.79 Å². The summed E-state index contributed by atoms with van der Waals surface area (Å²) in [6.45, 7) is -0.153. The molecule has 0 radical (unpaired) electrons. The Morgan fingerprint density at radius 1 is 1.14 bits per heavy atom. The molecule has 10 nitrogen and oxygen atoms in total. The van der Waals surface area contributed by atoms with Crippen LogP contribution >= 0.6 is 11.3 Å². The predicted octanol–water partition coefficient (Wildman–Crippen LogP) is 4.14. The first-order valence-corrected chi connectivity index (χ1v) is 12.3. The van der Waals surface area contributed by atoms with Crippen molar-refractivity contribution in [2.45, 2.75) is 32.3 Å². The highest BCUT2D eigenvalue weighted by Gasteiger charge is 2.23. The molecule has 36 heavy (non-hydrogen) atoms. The highest BCUT2D eigenvalue weighted by atomic mass is 32.1. The van der Waals surface area contributed by atoms with Crippen LogP contribution in [0.3, 0.4) is 0 Å². The smallest absolute Gasteiger partial charge is 0.357 e. The summed E-state index contributed by atoms with van der Waals surface area (Å²) in [6, 6.07) is 12.8. The molecule has 180 valence electrons. The molecular formula is C25H21N7O3S. The Labute approximate surface area is 209 Å². The number of nitrogens with zero attached hydrogens (tertiary/aromatic N) is 6. The van der Waals surface area contributed by atoms with Gasteiger partial charge in [-0.1, -0.05) is 30.3 Å². The van der Waals surface area contributed by atoms with Crippen molar-refractivity contribution in [2.75, 3.05) is 5.73 Å². The van der Waals surface area contributed by atoms with Gasteiger partial charge < -0.3 is 14.9 Å². The molecule has 0 spiro atoms. The fourth-order valence-corrected chi connectivity index (χ4v) is 5.62. The molecule has 0 aliphatic heterocycles. The Balaban J connectivity index is 1.30. The normalized spacial score (nSPS) is 13.6. The first-order chi connectivity index (χ1) is 17.7. The van der Waals surface area contributed by atoms with Crippen LogP contribution < -0.4 is 5.73 Å². The minimum atomic E-state index is -0.663. The third-order valence-corrected chi connectivity index (χ3v) is 7.17. The Kier molecular flexibility index (Phi) is 5.74. The first kappa shape index (κ1) is 22.1. The van der Waals surface area contributed by atoms with Crippen LogP contribution in [0, 0.1) is 0 Å². The molecule has 0 bridgehead atoms. The van der Waals surface area contributed by atoms with E-state index in [1.165, 1.54) is 33.9 Å². The van der Waals surface area contributed by atoms with Gasteiger partial charge in [-0.25, -0.2) is 14.8 Å². The maximum atomic E-state index is 13.3. The zero-order valence-electron chi connectivity index (χ0n) is 19.1. The number of rotatable bonds is 6. The van der Waals surface area contributed by atoms with Crippen LogP contribution in [-0.4, -0.2) is 36.1 Å². The van der Waals surface area contributed by atoms with Crippen molar-refractivity contribution < 1.29 is 13.9 Å². The predicted molar refractivity (Wildman–Crippen MR) is 134 cm³/mol. The minimum Gasteiger partial charge on any atom is -0.465 e. The van der Waals surface area contributed by atoms with Crippen molar-refractivity contribution >= 4 is 45.1 Å². The second kappa shape index (κ2) is 9.34. The standard InChI is InChI=1S/C25H21N7O3S/c26-22-21-17-10-4-5-11-19(17)36-24(21)28-20(27-22)14-35-25(33)18(13-16-9-6-12-34-16)32-23(29-30-31-32)15-7-2-1-3-8-15/h1-3,6-9,12-13H,4-5,10-11,14H2,(H2,26,27,28)/b18-13-. The third kappa shape index (κ3) is 4.13. The molecule has 1 aliphatic rings. The second-order valence-electron chi connectivity index (χ2n) is 8.32. The van der Waals surface area contributed by atoms with Gasteiger partial charge in [0.15, 0.2) is 24.0 Å². The number of anilines is 1. The van der Waals surface area contributed by atoms with Crippen molar-refractivity contribution in [1.82, 2.24) is 30.2 Å². The molecule has 1 aliphatic carbocycles. The van der Waals surface area contributed by atoms with Gasteiger partial charge in [0.25, 0.3) is 0 Å². The van der Waals surface area contributed by atoms with Crippen LogP contribution in [0.2, 0.25) is 0 Å². The summed E-state index contributed by atoms with van der Waals surface area (Å²) in [6.07, 6.45) is 7.38. The van der Waals surface area contributed by atoms with E-state index < -0.39 is 5.97 Å². The molecule has 4 aromatic heterocycles. The minimum absolute atomic E-state index is 0.0782. The van der Waals surface area contributed by atoms with Gasteiger partial charge in [0.1, 0.15) is 16.4 Å². The molecule has 0 saturated heterocycles. The van der Waals surface area contributed by atoms with Gasteiger partial charge >= 0.3 is 5.97 Å². The Hall–Kier alpha value is -4.38. The topological polar surface area (TPSA) is 135 Å². The number of tetrazole rings is 1. The number of aryl methyl sites for hydroxylation is 2. The molecule has 0 unspecified atom stereocenters. The third-order valence-electron chi connectivity index (χ3n) is 5.98. The zero-order chi connectivity index (χ0) is 24.5. The van der Waals surface area contributed by atoms with E-state index in [2.05, 4.69) is 25.5 Å². The lowest BCUT2D eigenvalue weighted by atomic mass is 9.97. The van der Waals surface area contributed by atoms with Gasteiger partial charge in [0, 0.05) is 16.5 Å². The summed E-state index contributed by atoms with van der Waals surface area (Å²) < 4.78 is 12.4. The van der Waals surface area contributed by atoms with Crippen LogP contribution in [0.15, 0.2) is 53.1 Å². The average Bonchev–Trinajstić information content (AvgIpc) is 3.66. The molecule has 5 aromatic rings. The number of hydrogen-bond acceptors (Lipinski definition) is 10. The van der Waals surface area contributed by atoms with Crippen LogP contribution in [0.4, 0.5) is 5.82 Å². The maximum absolute atomic E-state index is 13.3. The highest BCUT2D eigenvalue weighted by molar-refractivity contribution is 7.19. The van der Waals surface area contributed by atoms with Gasteiger partial charge in [-0.05, 0) is 53.8 Å². The molecule has 11 heteroatoms. The highest BCUT2D eigenvalue weighted by Crippen LogP contribution is 2.37. The summed E-state index contributed by atoms with van der Waals surface area (Å²) in [5.74, 6) is 0.926. The number of nitrogens with two attached hydrogens (primary N) is 1. The zero-order valence-corrected chi connectivity index (χ0v) is 19.9. The fourth-order valence-electron chi connectivity index (χ4n) is 4.33. The summed E-state index contributed by atoms with van der Waals surface area (Å²) in [7, 11) is 0. The number of benzene rings is 1. The number of thiophene rings is 1. The lowest BCUT2D eigenvalue weighted by Gasteiger charge is -2.11. The van der Waals surface area contributed by atoms with E-state index in [4.69, 9.17) is 14.9 Å². The number of aromatic nitrogens is 6. The van der Waals surface area contributed by atoms with Crippen molar-refractivity contribution in [3.05, 3.63) is 70.8 Å². The molecular weight excluding hydrogens is 478 g/mol. The van der Waals surface area contributed by atoms with Crippen LogP contribution in [0.25, 0.3) is 33.4 Å². The van der Waals surface area contributed by atoms with Crippen LogP contribution in [-0.2, 0) is 29.0 Å². The second-order valence-corrected chi connectivity index (χ2v) is 9.40. The summed E-state index contributed by atoms with van der Waals surface area (Å²) >= 11 is 1.64. The molecule has 0 atom stereocenters. The van der Waals surface area contributed by atoms with E-state index in [0.717, 1.165) is 35.0 Å². The van der Waals surface area contributed by atoms with E-state index in [0.29, 0.717) is 23.2 Å². The quantitative estimate of drug-likeness (QED) is 0.270. The van der Waals surface area contributed by atoms with Gasteiger partial charge in [0.2, 0.25) is 0 Å². The van der Waals surface area contributed by atoms with E-state index in [1.54, 1.807) is 23.5 Å². The van der Waals surface area contributed by atoms with Gasteiger partial charge in [0.05, 0.1) is 11.6 Å². The number of nitrogen functional groups attached to an aromatic ring is 1. The first-order valence-electron chi connectivity index (χ1n) is 11.5. The molecule has 4 heterocycles. The van der Waals surface area contributed by atoms with Crippen molar-refractivity contribution in [3.8, 4) is 11.4 Å². The molecule has 0 fully saturated rings. The summed E-state index contributed by atoms with van der Waals surface area (Å²) in [4.78, 5) is 24.5. The van der Waals surface area contributed by atoms with Gasteiger partial charge in [-0.15, -0.1) is 16.4 Å². The number of furan rings is 1. The number of carbonyl (C=O) groups excluding carboxylic acids is 1. The van der Waals surface area contributed by atoms with Crippen molar-refractivity contribution in [3.63, 3.8) is 0 Å². The largest absolute Gasteiger partial charge is 0.465 e. The van der Waals surface area contributed by atoms with Gasteiger partial charge in [-0.3, -0.25) is 0 Å². The Bertz CT molecular complexity index is 1570. The molecule has 0 saturated carbocycles. The number of carbonyl (C=O) groups is 1. The van der Waals surface area contributed by atoms with E-state index >= 15 is 0 Å². The van der Waals surface area contributed by atoms with Crippen LogP contribution in [0.1, 0.15) is 34.9 Å². The average molecular weight is 500 g/mol. The number of esters is 1. The Morgan fingerprint density at radius 2 is 2.00 bits per heavy atom. The number of fused-ring (bicyclic) bond motifs is 3. The van der Waals surface area contributed by atoms with E-state index in [1.807, 2.05) is 30.3 Å².